The summed E-state index contributed by atoms with van der Waals surface area (Å²) in [5, 5.41) is 5.14. The lowest BCUT2D eigenvalue weighted by Gasteiger charge is -2.54. The maximum Gasteiger partial charge on any atom is 0.0566 e. The van der Waals surface area contributed by atoms with Gasteiger partial charge >= 0.3 is 0 Å². The molecule has 6 aromatic carbocycles. The molecule has 0 radical (unpaired) electrons. The molecule has 0 saturated heterocycles. The fourth-order valence-electron chi connectivity index (χ4n) is 9.73. The Labute approximate surface area is 307 Å². The van der Waals surface area contributed by atoms with Gasteiger partial charge in [-0.15, -0.1) is 0 Å². The molecule has 0 spiro atoms. The average Bonchev–Trinajstić information content (AvgIpc) is 3.18. The van der Waals surface area contributed by atoms with Gasteiger partial charge in [0.25, 0.3) is 0 Å². The summed E-state index contributed by atoms with van der Waals surface area (Å²) in [5.41, 5.74) is 13.4. The Kier molecular flexibility index (Phi) is 6.86. The zero-order valence-electron chi connectivity index (χ0n) is 30.5. The van der Waals surface area contributed by atoms with Crippen molar-refractivity contribution in [1.29, 1.82) is 0 Å². The quantitative estimate of drug-likeness (QED) is 0.184. The van der Waals surface area contributed by atoms with E-state index >= 15 is 0 Å². The fourth-order valence-corrected chi connectivity index (χ4v) is 9.73. The molecule has 4 aliphatic rings. The third-order valence-electron chi connectivity index (χ3n) is 12.5. The SMILES string of the molecule is CC1(C)C2=C3C(CC=C2)C(C)(C)c2cc(-c4ccc5cc(N(c6ccccc6)C6C=c7ccccc7=CC6)ccc5c4)ccc2N3c2ccccc21. The van der Waals surface area contributed by atoms with Crippen molar-refractivity contribution in [3.05, 3.63) is 178 Å². The normalized spacial score (nSPS) is 20.2. The summed E-state index contributed by atoms with van der Waals surface area (Å²) in [6.45, 7) is 9.74. The topological polar surface area (TPSA) is 6.48 Å². The highest BCUT2D eigenvalue weighted by Gasteiger charge is 2.50. The van der Waals surface area contributed by atoms with E-state index in [1.807, 2.05) is 0 Å². The number of para-hydroxylation sites is 2. The number of hydrogen-bond acceptors (Lipinski definition) is 2. The Morgan fingerprint density at radius 3 is 2.15 bits per heavy atom. The highest BCUT2D eigenvalue weighted by atomic mass is 15.2. The molecule has 2 aliphatic carbocycles. The van der Waals surface area contributed by atoms with E-state index in [9.17, 15) is 0 Å². The van der Waals surface area contributed by atoms with Crippen LogP contribution in [0.2, 0.25) is 0 Å². The highest BCUT2D eigenvalue weighted by Crippen LogP contribution is 2.60. The zero-order chi connectivity index (χ0) is 35.2. The molecule has 2 heteroatoms. The number of anilines is 4. The van der Waals surface area contributed by atoms with E-state index in [1.165, 1.54) is 77.5 Å². The Morgan fingerprint density at radius 1 is 0.596 bits per heavy atom. The van der Waals surface area contributed by atoms with Crippen molar-refractivity contribution >= 4 is 45.7 Å². The van der Waals surface area contributed by atoms with Gasteiger partial charge in [0, 0.05) is 45.2 Å². The molecular weight excluding hydrogens is 629 g/mol. The summed E-state index contributed by atoms with van der Waals surface area (Å²) in [6, 6.07) is 50.1. The lowest BCUT2D eigenvalue weighted by molar-refractivity contribution is 0.339. The van der Waals surface area contributed by atoms with Crippen molar-refractivity contribution < 1.29 is 0 Å². The van der Waals surface area contributed by atoms with E-state index in [-0.39, 0.29) is 16.9 Å². The standard InChI is InChI=1S/C50H44N2/c1-49(2)42-17-10-11-20-46(42)52-47-28-25-38(32-45(47)50(3,4)44-19-12-18-43(49)48(44)52)35-21-22-37-31-41(27-24-36(37)29-35)51(39-15-6-5-7-16-39)40-26-23-33-13-8-9-14-34(33)30-40/h5-18,20-25,27-32,40,44H,19,26H2,1-4H3. The Morgan fingerprint density at radius 2 is 1.29 bits per heavy atom. The molecule has 0 bridgehead atoms. The largest absolute Gasteiger partial charge is 0.334 e. The van der Waals surface area contributed by atoms with Gasteiger partial charge in [0.05, 0.1) is 6.04 Å². The predicted octanol–water partition coefficient (Wildman–Crippen LogP) is 11.2. The molecule has 6 aromatic rings. The van der Waals surface area contributed by atoms with Gasteiger partial charge in [-0.25, -0.2) is 0 Å². The van der Waals surface area contributed by atoms with Gasteiger partial charge in [-0.2, -0.15) is 0 Å². The fraction of sp³-hybridized carbons (Fsp3) is 0.200. The van der Waals surface area contributed by atoms with Crippen LogP contribution in [0, 0.1) is 5.92 Å². The van der Waals surface area contributed by atoms with Crippen LogP contribution in [-0.4, -0.2) is 6.04 Å². The second-order valence-corrected chi connectivity index (χ2v) is 16.2. The summed E-state index contributed by atoms with van der Waals surface area (Å²) in [4.78, 5) is 5.11. The second kappa shape index (κ2) is 11.5. The van der Waals surface area contributed by atoms with Crippen molar-refractivity contribution in [3.63, 3.8) is 0 Å². The average molecular weight is 673 g/mol. The minimum atomic E-state index is -0.0350. The van der Waals surface area contributed by atoms with E-state index in [2.05, 4.69) is 195 Å². The molecule has 0 fully saturated rings. The summed E-state index contributed by atoms with van der Waals surface area (Å²) in [5.74, 6) is 0.415. The van der Waals surface area contributed by atoms with Gasteiger partial charge in [0.1, 0.15) is 0 Å². The molecule has 0 saturated carbocycles. The molecule has 2 unspecified atom stereocenters. The molecule has 2 aliphatic heterocycles. The molecular formula is C50H44N2. The summed E-state index contributed by atoms with van der Waals surface area (Å²) in [6.07, 6.45) is 11.7. The first-order valence-electron chi connectivity index (χ1n) is 18.9. The maximum atomic E-state index is 2.61. The molecule has 52 heavy (non-hydrogen) atoms. The third-order valence-corrected chi connectivity index (χ3v) is 12.5. The van der Waals surface area contributed by atoms with Crippen LogP contribution < -0.4 is 20.2 Å². The van der Waals surface area contributed by atoms with E-state index in [4.69, 9.17) is 0 Å². The van der Waals surface area contributed by atoms with Crippen LogP contribution in [0.5, 0.6) is 0 Å². The highest BCUT2D eigenvalue weighted by molar-refractivity contribution is 5.92. The molecule has 2 atom stereocenters. The van der Waals surface area contributed by atoms with Crippen LogP contribution in [-0.2, 0) is 10.8 Å². The number of hydrogen-bond donors (Lipinski definition) is 0. The zero-order valence-corrected chi connectivity index (χ0v) is 30.5. The van der Waals surface area contributed by atoms with Crippen LogP contribution in [0.4, 0.5) is 22.7 Å². The number of rotatable bonds is 4. The van der Waals surface area contributed by atoms with E-state index in [0.29, 0.717) is 5.92 Å². The summed E-state index contributed by atoms with van der Waals surface area (Å²) in [7, 11) is 0. The predicted molar refractivity (Wildman–Crippen MR) is 220 cm³/mol. The first-order valence-corrected chi connectivity index (χ1v) is 18.9. The summed E-state index contributed by atoms with van der Waals surface area (Å²) >= 11 is 0. The number of allylic oxidation sites excluding steroid dienone is 4. The summed E-state index contributed by atoms with van der Waals surface area (Å²) < 4.78 is 0. The van der Waals surface area contributed by atoms with Gasteiger partial charge in [-0.3, -0.25) is 0 Å². The third kappa shape index (κ3) is 4.63. The van der Waals surface area contributed by atoms with Crippen LogP contribution in [0.15, 0.2) is 157 Å². The Bertz CT molecular complexity index is 2600. The van der Waals surface area contributed by atoms with Crippen LogP contribution in [0.1, 0.15) is 51.7 Å². The smallest absolute Gasteiger partial charge is 0.0566 e. The molecule has 0 N–H and O–H groups in total. The molecule has 0 aromatic heterocycles. The number of fused-ring (bicyclic) bond motifs is 6. The van der Waals surface area contributed by atoms with Gasteiger partial charge in [0.15, 0.2) is 0 Å². The second-order valence-electron chi connectivity index (χ2n) is 16.2. The monoisotopic (exact) mass is 672 g/mol. The van der Waals surface area contributed by atoms with Gasteiger partial charge in [-0.1, -0.05) is 137 Å². The molecule has 254 valence electrons. The van der Waals surface area contributed by atoms with Crippen molar-refractivity contribution in [2.75, 3.05) is 9.80 Å². The Hall–Kier alpha value is -5.60. The van der Waals surface area contributed by atoms with Crippen molar-refractivity contribution in [3.8, 4) is 11.1 Å². The van der Waals surface area contributed by atoms with Crippen molar-refractivity contribution in [2.45, 2.75) is 57.4 Å². The minimum absolute atomic E-state index is 0.0176. The minimum Gasteiger partial charge on any atom is -0.334 e. The first-order chi connectivity index (χ1) is 25.3. The van der Waals surface area contributed by atoms with E-state index in [0.717, 1.165) is 12.8 Å². The van der Waals surface area contributed by atoms with Crippen LogP contribution in [0.3, 0.4) is 0 Å². The molecule has 0 amide bonds. The molecule has 10 rings (SSSR count). The number of benzene rings is 6. The first kappa shape index (κ1) is 31.2. The van der Waals surface area contributed by atoms with E-state index in [1.54, 1.807) is 0 Å². The Balaban J connectivity index is 1.05. The van der Waals surface area contributed by atoms with Crippen molar-refractivity contribution in [2.24, 2.45) is 5.92 Å². The van der Waals surface area contributed by atoms with Gasteiger partial charge in [0.2, 0.25) is 0 Å². The number of nitrogens with zero attached hydrogens (tertiary/aromatic N) is 2. The van der Waals surface area contributed by atoms with Crippen LogP contribution in [0.25, 0.3) is 34.1 Å². The lowest BCUT2D eigenvalue weighted by atomic mass is 9.60. The van der Waals surface area contributed by atoms with Crippen LogP contribution >= 0.6 is 0 Å². The van der Waals surface area contributed by atoms with E-state index < -0.39 is 0 Å². The van der Waals surface area contributed by atoms with Gasteiger partial charge < -0.3 is 9.80 Å². The lowest BCUT2D eigenvalue weighted by Crippen LogP contribution is -2.47. The molecule has 2 nitrogen and oxygen atoms in total. The van der Waals surface area contributed by atoms with Gasteiger partial charge in [-0.05, 0) is 110 Å². The molecule has 2 heterocycles. The maximum absolute atomic E-state index is 2.61. The van der Waals surface area contributed by atoms with Crippen molar-refractivity contribution in [1.82, 2.24) is 0 Å².